The fourth-order valence-electron chi connectivity index (χ4n) is 2.17. The first-order valence-corrected chi connectivity index (χ1v) is 6.13. The first-order chi connectivity index (χ1) is 8.91. The molecule has 0 aliphatic carbocycles. The van der Waals surface area contributed by atoms with Gasteiger partial charge in [0.25, 0.3) is 0 Å². The lowest BCUT2D eigenvalue weighted by molar-refractivity contribution is -0.138. The minimum atomic E-state index is -4.43. The van der Waals surface area contributed by atoms with Crippen molar-refractivity contribution < 1.29 is 18.3 Å². The minimum Gasteiger partial charge on any atom is -0.392 e. The van der Waals surface area contributed by atoms with E-state index in [1.54, 1.807) is 6.07 Å². The molecule has 19 heavy (non-hydrogen) atoms. The predicted molar refractivity (Wildman–Crippen MR) is 68.0 cm³/mol. The maximum Gasteiger partial charge on any atom is 0.416 e. The van der Waals surface area contributed by atoms with Crippen LogP contribution in [0, 0.1) is 0 Å². The Hall–Kier alpha value is -1.49. The number of hydrogen-bond acceptors (Lipinski definition) is 2. The zero-order valence-corrected chi connectivity index (χ0v) is 10.7. The monoisotopic (exact) mass is 271 g/mol. The average molecular weight is 271 g/mol. The van der Waals surface area contributed by atoms with E-state index in [0.29, 0.717) is 12.2 Å². The number of aliphatic hydroxyl groups is 1. The molecule has 1 aromatic carbocycles. The van der Waals surface area contributed by atoms with Crippen molar-refractivity contribution in [2.75, 3.05) is 18.0 Å². The van der Waals surface area contributed by atoms with Gasteiger partial charge >= 0.3 is 6.18 Å². The van der Waals surface area contributed by atoms with E-state index in [-0.39, 0.29) is 5.56 Å². The number of rotatable bonds is 2. The lowest BCUT2D eigenvalue weighted by atomic mass is 10.0. The van der Waals surface area contributed by atoms with Crippen molar-refractivity contribution in [1.82, 2.24) is 0 Å². The SMILES string of the molecule is CC1=CCN(c2ccc(CO)c(C(F)(F)F)c2)CC1. The molecule has 0 atom stereocenters. The van der Waals surface area contributed by atoms with Crippen LogP contribution in [0.5, 0.6) is 0 Å². The molecule has 0 unspecified atom stereocenters. The maximum absolute atomic E-state index is 12.9. The number of benzene rings is 1. The van der Waals surface area contributed by atoms with Crippen molar-refractivity contribution in [2.24, 2.45) is 0 Å². The fourth-order valence-corrected chi connectivity index (χ4v) is 2.17. The Morgan fingerprint density at radius 1 is 1.32 bits per heavy atom. The first-order valence-electron chi connectivity index (χ1n) is 6.13. The minimum absolute atomic E-state index is 0.0833. The van der Waals surface area contributed by atoms with E-state index < -0.39 is 18.3 Å². The molecule has 2 nitrogen and oxygen atoms in total. The van der Waals surface area contributed by atoms with Gasteiger partial charge in [-0.25, -0.2) is 0 Å². The summed E-state index contributed by atoms with van der Waals surface area (Å²) in [6.45, 7) is 2.77. The van der Waals surface area contributed by atoms with Crippen molar-refractivity contribution in [1.29, 1.82) is 0 Å². The summed E-state index contributed by atoms with van der Waals surface area (Å²) in [5.41, 5.74) is 0.978. The molecule has 0 fully saturated rings. The molecule has 1 aromatic rings. The van der Waals surface area contributed by atoms with Gasteiger partial charge in [0.1, 0.15) is 0 Å². The van der Waals surface area contributed by atoms with Crippen molar-refractivity contribution in [3.63, 3.8) is 0 Å². The molecule has 0 aromatic heterocycles. The summed E-state index contributed by atoms with van der Waals surface area (Å²) in [6.07, 6.45) is -1.55. The van der Waals surface area contributed by atoms with Gasteiger partial charge in [-0.15, -0.1) is 0 Å². The number of nitrogens with zero attached hydrogens (tertiary/aromatic N) is 1. The molecule has 2 rings (SSSR count). The molecule has 0 bridgehead atoms. The lowest BCUT2D eigenvalue weighted by Gasteiger charge is -2.28. The lowest BCUT2D eigenvalue weighted by Crippen LogP contribution is -2.28. The van der Waals surface area contributed by atoms with Gasteiger partial charge in [-0.1, -0.05) is 17.7 Å². The van der Waals surface area contributed by atoms with Crippen molar-refractivity contribution >= 4 is 5.69 Å². The third-order valence-electron chi connectivity index (χ3n) is 3.37. The number of halogens is 3. The van der Waals surface area contributed by atoms with Gasteiger partial charge in [-0.3, -0.25) is 0 Å². The predicted octanol–water partition coefficient (Wildman–Crippen LogP) is 3.35. The summed E-state index contributed by atoms with van der Waals surface area (Å²) < 4.78 is 38.7. The highest BCUT2D eigenvalue weighted by Crippen LogP contribution is 2.35. The standard InChI is InChI=1S/C14H16F3NO/c1-10-4-6-18(7-5-10)12-3-2-11(9-19)13(8-12)14(15,16)17/h2-4,8,19H,5-7,9H2,1H3. The Bertz CT molecular complexity index is 494. The molecule has 0 saturated heterocycles. The first kappa shape index (κ1) is 13.9. The fraction of sp³-hybridized carbons (Fsp3) is 0.429. The Morgan fingerprint density at radius 2 is 2.05 bits per heavy atom. The number of anilines is 1. The molecule has 0 amide bonds. The maximum atomic E-state index is 12.9. The van der Waals surface area contributed by atoms with Gasteiger partial charge in [0.05, 0.1) is 12.2 Å². The van der Waals surface area contributed by atoms with Crippen molar-refractivity contribution in [3.8, 4) is 0 Å². The summed E-state index contributed by atoms with van der Waals surface area (Å²) in [5, 5.41) is 8.99. The van der Waals surface area contributed by atoms with Crippen LogP contribution in [0.15, 0.2) is 29.8 Å². The topological polar surface area (TPSA) is 23.5 Å². The Balaban J connectivity index is 2.33. The summed E-state index contributed by atoms with van der Waals surface area (Å²) in [7, 11) is 0. The summed E-state index contributed by atoms with van der Waals surface area (Å²) in [6, 6.07) is 4.11. The van der Waals surface area contributed by atoms with Crippen LogP contribution >= 0.6 is 0 Å². The van der Waals surface area contributed by atoms with Gasteiger partial charge in [0.15, 0.2) is 0 Å². The van der Waals surface area contributed by atoms with Crippen LogP contribution < -0.4 is 4.90 Å². The van der Waals surface area contributed by atoms with E-state index in [0.717, 1.165) is 19.0 Å². The second kappa shape index (κ2) is 5.25. The molecular weight excluding hydrogens is 255 g/mol. The van der Waals surface area contributed by atoms with Gasteiger partial charge in [0.2, 0.25) is 0 Å². The molecule has 5 heteroatoms. The quantitative estimate of drug-likeness (QED) is 0.834. The number of aliphatic hydroxyl groups excluding tert-OH is 1. The van der Waals surface area contributed by atoms with E-state index in [4.69, 9.17) is 5.11 Å². The molecule has 0 saturated carbocycles. The Kier molecular flexibility index (Phi) is 3.85. The van der Waals surface area contributed by atoms with Crippen LogP contribution in [0.3, 0.4) is 0 Å². The zero-order valence-electron chi connectivity index (χ0n) is 10.7. The van der Waals surface area contributed by atoms with E-state index in [1.165, 1.54) is 11.6 Å². The molecular formula is C14H16F3NO. The van der Waals surface area contributed by atoms with Gasteiger partial charge in [-0.05, 0) is 31.0 Å². The van der Waals surface area contributed by atoms with Crippen LogP contribution in [0.2, 0.25) is 0 Å². The Morgan fingerprint density at radius 3 is 2.58 bits per heavy atom. The highest BCUT2D eigenvalue weighted by Gasteiger charge is 2.33. The van der Waals surface area contributed by atoms with Crippen molar-refractivity contribution in [2.45, 2.75) is 26.1 Å². The van der Waals surface area contributed by atoms with Crippen LogP contribution in [-0.4, -0.2) is 18.2 Å². The van der Waals surface area contributed by atoms with Crippen LogP contribution in [-0.2, 0) is 12.8 Å². The molecule has 0 radical (unpaired) electrons. The zero-order chi connectivity index (χ0) is 14.0. The van der Waals surface area contributed by atoms with E-state index in [1.807, 2.05) is 17.9 Å². The normalized spacial score (nSPS) is 16.5. The molecule has 104 valence electrons. The van der Waals surface area contributed by atoms with Gasteiger partial charge in [0, 0.05) is 18.8 Å². The van der Waals surface area contributed by atoms with Crippen LogP contribution in [0.1, 0.15) is 24.5 Å². The largest absolute Gasteiger partial charge is 0.416 e. The van der Waals surface area contributed by atoms with E-state index in [9.17, 15) is 13.2 Å². The van der Waals surface area contributed by atoms with E-state index in [2.05, 4.69) is 0 Å². The second-order valence-electron chi connectivity index (χ2n) is 4.74. The molecule has 1 aliphatic rings. The highest BCUT2D eigenvalue weighted by atomic mass is 19.4. The smallest absolute Gasteiger partial charge is 0.392 e. The number of hydrogen-bond donors (Lipinski definition) is 1. The Labute approximate surface area is 110 Å². The molecule has 1 heterocycles. The van der Waals surface area contributed by atoms with Gasteiger partial charge < -0.3 is 10.0 Å². The third kappa shape index (κ3) is 3.10. The summed E-state index contributed by atoms with van der Waals surface area (Å²) in [5.74, 6) is 0. The second-order valence-corrected chi connectivity index (χ2v) is 4.74. The van der Waals surface area contributed by atoms with Crippen LogP contribution in [0.4, 0.5) is 18.9 Å². The summed E-state index contributed by atoms with van der Waals surface area (Å²) in [4.78, 5) is 1.91. The highest BCUT2D eigenvalue weighted by molar-refractivity contribution is 5.53. The third-order valence-corrected chi connectivity index (χ3v) is 3.37. The van der Waals surface area contributed by atoms with E-state index >= 15 is 0 Å². The summed E-state index contributed by atoms with van der Waals surface area (Å²) >= 11 is 0. The molecule has 1 N–H and O–H groups in total. The molecule has 1 aliphatic heterocycles. The van der Waals surface area contributed by atoms with Crippen molar-refractivity contribution in [3.05, 3.63) is 41.0 Å². The average Bonchev–Trinajstić information content (AvgIpc) is 2.38. The van der Waals surface area contributed by atoms with Crippen LogP contribution in [0.25, 0.3) is 0 Å². The molecule has 0 spiro atoms. The van der Waals surface area contributed by atoms with Gasteiger partial charge in [-0.2, -0.15) is 13.2 Å². The number of alkyl halides is 3.